The molecule has 1 heterocycles. The van der Waals surface area contributed by atoms with Crippen molar-refractivity contribution in [3.8, 4) is 0 Å². The Balaban J connectivity index is 0.685. The minimum absolute atomic E-state index is 0.158. The normalized spacial score (nSPS) is 55.1. The van der Waals surface area contributed by atoms with E-state index >= 15 is 0 Å². The highest BCUT2D eigenvalue weighted by Crippen LogP contribution is 2.59. The Morgan fingerprint density at radius 1 is 0.282 bits per heavy atom. The molecule has 2 unspecified atom stereocenters. The minimum atomic E-state index is -0.781. The Kier molecular flexibility index (Phi) is 13.5. The third-order valence-corrected chi connectivity index (χ3v) is 24.2. The Hall–Kier alpha value is -0.440. The zero-order chi connectivity index (χ0) is 46.7. The smallest absolute Gasteiger partial charge is 0.189 e. The van der Waals surface area contributed by atoms with Gasteiger partial charge in [0, 0.05) is 0 Å². The first kappa shape index (κ1) is 47.7. The summed E-state index contributed by atoms with van der Waals surface area (Å²) in [5, 5.41) is 0. The van der Waals surface area contributed by atoms with E-state index in [2.05, 4.69) is 6.92 Å². The highest BCUT2D eigenvalue weighted by Gasteiger charge is 2.56. The van der Waals surface area contributed by atoms with Crippen LogP contribution in [0.5, 0.6) is 0 Å². The molecule has 11 nitrogen and oxygen atoms in total. The molecule has 0 radical (unpaired) electrons. The maximum absolute atomic E-state index is 7.19. The van der Waals surface area contributed by atoms with Crippen molar-refractivity contribution in [1.29, 1.82) is 0 Å². The van der Waals surface area contributed by atoms with E-state index in [-0.39, 0.29) is 65.0 Å². The summed E-state index contributed by atoms with van der Waals surface area (Å²) in [5.41, 5.74) is 0. The van der Waals surface area contributed by atoms with Crippen LogP contribution in [0.3, 0.4) is 0 Å². The van der Waals surface area contributed by atoms with Crippen LogP contribution in [0.2, 0.25) is 0 Å². The molecule has 19 aliphatic carbocycles. The van der Waals surface area contributed by atoms with E-state index in [0.29, 0.717) is 65.3 Å². The quantitative estimate of drug-likeness (QED) is 0.0765. The van der Waals surface area contributed by atoms with Gasteiger partial charge in [-0.2, -0.15) is 0 Å². The molecular formula is C60H92O11. The molecule has 20 rings (SSSR count). The predicted octanol–water partition coefficient (Wildman–Crippen LogP) is 10.9. The summed E-state index contributed by atoms with van der Waals surface area (Å²) in [4.78, 5) is 0. The molecule has 20 fully saturated rings. The molecule has 398 valence electrons. The van der Waals surface area contributed by atoms with Crippen LogP contribution in [-0.4, -0.2) is 102 Å². The van der Waals surface area contributed by atoms with Crippen LogP contribution in [0, 0.1) is 112 Å². The maximum Gasteiger partial charge on any atom is 0.189 e. The van der Waals surface area contributed by atoms with E-state index in [0.717, 1.165) is 53.3 Å². The van der Waals surface area contributed by atoms with Gasteiger partial charge in [0.1, 0.15) is 58.4 Å². The van der Waals surface area contributed by atoms with Crippen molar-refractivity contribution in [3.05, 3.63) is 0 Å². The minimum Gasteiger partial charge on any atom is -0.353 e. The maximum atomic E-state index is 7.19. The first-order valence-electron chi connectivity index (χ1n) is 30.7. The molecule has 71 heavy (non-hydrogen) atoms. The molecule has 0 aromatic heterocycles. The Labute approximate surface area is 425 Å². The van der Waals surface area contributed by atoms with Crippen molar-refractivity contribution in [2.75, 3.05) is 40.6 Å². The molecule has 0 aromatic rings. The van der Waals surface area contributed by atoms with Crippen LogP contribution >= 0.6 is 0 Å². The van der Waals surface area contributed by atoms with E-state index in [4.69, 9.17) is 52.1 Å². The van der Waals surface area contributed by atoms with Gasteiger partial charge in [-0.25, -0.2) is 0 Å². The Bertz CT molecular complexity index is 1700. The lowest BCUT2D eigenvalue weighted by Gasteiger charge is -2.54. The number of fused-ring (bicyclic) bond motifs is 2. The van der Waals surface area contributed by atoms with Crippen molar-refractivity contribution >= 4 is 0 Å². The number of ether oxygens (including phenoxy) is 11. The van der Waals surface area contributed by atoms with E-state index in [1.54, 1.807) is 0 Å². The number of hydrogen-bond acceptors (Lipinski definition) is 11. The zero-order valence-electron chi connectivity index (χ0n) is 43.4. The molecule has 1 aliphatic heterocycles. The molecule has 0 spiro atoms. The van der Waals surface area contributed by atoms with Crippen LogP contribution in [0.25, 0.3) is 0 Å². The van der Waals surface area contributed by atoms with Crippen molar-refractivity contribution in [1.82, 2.24) is 0 Å². The van der Waals surface area contributed by atoms with Crippen molar-refractivity contribution in [2.45, 2.75) is 222 Å². The number of rotatable bonds is 22. The average Bonchev–Trinajstić information content (AvgIpc) is 3.35. The fourth-order valence-corrected chi connectivity index (χ4v) is 22.2. The van der Waals surface area contributed by atoms with Gasteiger partial charge in [0.15, 0.2) is 6.29 Å². The second kappa shape index (κ2) is 20.1. The summed E-state index contributed by atoms with van der Waals surface area (Å²) in [6, 6.07) is 0. The highest BCUT2D eigenvalue weighted by molar-refractivity contribution is 5.03. The third-order valence-electron chi connectivity index (χ3n) is 24.2. The first-order valence-corrected chi connectivity index (χ1v) is 30.7. The summed E-state index contributed by atoms with van der Waals surface area (Å²) in [6.07, 6.45) is 30.0. The first-order chi connectivity index (χ1) is 35.0. The molecule has 20 aliphatic rings. The molecule has 0 aromatic carbocycles. The van der Waals surface area contributed by atoms with Gasteiger partial charge in [0.05, 0.1) is 37.1 Å². The zero-order valence-corrected chi connectivity index (χ0v) is 43.4. The molecule has 0 N–H and O–H groups in total. The van der Waals surface area contributed by atoms with Crippen LogP contribution in [0.15, 0.2) is 0 Å². The molecular weight excluding hydrogens is 897 g/mol. The fraction of sp³-hybridized carbons (Fsp3) is 1.00. The summed E-state index contributed by atoms with van der Waals surface area (Å²) in [6.45, 7) is 3.57. The summed E-state index contributed by atoms with van der Waals surface area (Å²) in [5.74, 6) is 14.3. The van der Waals surface area contributed by atoms with Gasteiger partial charge in [0.2, 0.25) is 0 Å². The summed E-state index contributed by atoms with van der Waals surface area (Å²) < 4.78 is 76.3. The van der Waals surface area contributed by atoms with E-state index in [1.165, 1.54) is 154 Å². The van der Waals surface area contributed by atoms with Crippen molar-refractivity contribution in [2.24, 2.45) is 112 Å². The fourth-order valence-electron chi connectivity index (χ4n) is 22.2. The molecule has 1 saturated heterocycles. The van der Waals surface area contributed by atoms with Gasteiger partial charge in [-0.1, -0.05) is 13.3 Å². The topological polar surface area (TPSA) is 102 Å². The Morgan fingerprint density at radius 2 is 0.577 bits per heavy atom. The van der Waals surface area contributed by atoms with E-state index in [1.807, 2.05) is 0 Å². The molecule has 18 bridgehead atoms. The van der Waals surface area contributed by atoms with Crippen LogP contribution in [-0.2, 0) is 52.1 Å². The van der Waals surface area contributed by atoms with Crippen LogP contribution in [0.4, 0.5) is 0 Å². The van der Waals surface area contributed by atoms with Gasteiger partial charge in [0.25, 0.3) is 0 Å². The molecule has 0 amide bonds. The summed E-state index contributed by atoms with van der Waals surface area (Å²) in [7, 11) is 0. The SMILES string of the molecule is CCC1CC2CC(C1)C2OCO[C@@H]1[C@@H](OCOC2C3CC4CC(C3)CC2C4)[C@@H](OCOC2C3CC4CC(C3)CC2C4)O[C@H](COCOC2C3CC4CC(C3)CC2C4)[C@H]1OCOC1C2CC3CC(C2)CC1C3. The van der Waals surface area contributed by atoms with Gasteiger partial charge < -0.3 is 52.1 Å². The van der Waals surface area contributed by atoms with E-state index < -0.39 is 30.7 Å². The van der Waals surface area contributed by atoms with Gasteiger partial charge >= 0.3 is 0 Å². The highest BCUT2D eigenvalue weighted by atomic mass is 16.8. The monoisotopic (exact) mass is 989 g/mol. The predicted molar refractivity (Wildman–Crippen MR) is 262 cm³/mol. The van der Waals surface area contributed by atoms with Crippen molar-refractivity contribution < 1.29 is 52.1 Å². The van der Waals surface area contributed by atoms with Crippen molar-refractivity contribution in [3.63, 3.8) is 0 Å². The third kappa shape index (κ3) is 9.32. The Morgan fingerprint density at radius 3 is 0.944 bits per heavy atom. The standard InChI is InChI=1S/C60H92O11/c1-2-32-7-49-25-50(8-32)56(49)64-29-68-58-57(67-28-63-53-43-13-35-4-36(15-43)16-44(53)14-35)51(26-61-27-62-52-41-9-33-3-34(11-41)12-42(52)10-33)71-60(70-31-66-55-47-21-39-6-40(23-47)24-48(55)22-39)59(58)69-30-65-54-45-17-37-5-38(19-45)20-46(54)18-37/h32-60H,2-31H2,1H3/t32?,33?,34?,35?,36?,37?,38?,39?,40?,41?,42?,43?,44?,45?,46?,47?,48?,49?,50?,51-,52?,53?,54?,55?,56?,57-,58+,59-,60+/m1/s1. The van der Waals surface area contributed by atoms with E-state index in [9.17, 15) is 0 Å². The lowest BCUT2D eigenvalue weighted by atomic mass is 9.55. The van der Waals surface area contributed by atoms with Crippen LogP contribution < -0.4 is 0 Å². The van der Waals surface area contributed by atoms with Gasteiger partial charge in [-0.05, 0) is 260 Å². The second-order valence-corrected chi connectivity index (χ2v) is 28.4. The largest absolute Gasteiger partial charge is 0.353 e. The number of hydrogen-bond donors (Lipinski definition) is 0. The van der Waals surface area contributed by atoms with Crippen LogP contribution in [0.1, 0.15) is 161 Å². The average molecular weight is 989 g/mol. The summed E-state index contributed by atoms with van der Waals surface area (Å²) >= 11 is 0. The molecule has 7 atom stereocenters. The van der Waals surface area contributed by atoms with Gasteiger partial charge in [-0.15, -0.1) is 0 Å². The molecule has 19 saturated carbocycles. The lowest BCUT2D eigenvalue weighted by Crippen LogP contribution is -2.63. The molecule has 11 heteroatoms. The lowest BCUT2D eigenvalue weighted by molar-refractivity contribution is -0.365. The van der Waals surface area contributed by atoms with Gasteiger partial charge in [-0.3, -0.25) is 0 Å². The second-order valence-electron chi connectivity index (χ2n) is 28.4.